The van der Waals surface area contributed by atoms with Crippen LogP contribution in [0.1, 0.15) is 0 Å². The average molecular weight is 360 g/mol. The molecule has 0 aliphatic carbocycles. The van der Waals surface area contributed by atoms with Crippen LogP contribution in [0, 0.1) is 46.5 Å². The first-order chi connectivity index (χ1) is 10.6. The zero-order chi connectivity index (χ0) is 17.6. The highest BCUT2D eigenvalue weighted by atomic mass is 32.2. The Morgan fingerprint density at radius 1 is 0.435 bits per heavy atom. The van der Waals surface area contributed by atoms with Crippen LogP contribution in [0.25, 0.3) is 0 Å². The molecule has 124 valence electrons. The maximum Gasteiger partial charge on any atom is 0.197 e. The summed E-state index contributed by atoms with van der Waals surface area (Å²) in [5.74, 6) is -16.5. The summed E-state index contributed by atoms with van der Waals surface area (Å²) >= 11 is -0.505. The van der Waals surface area contributed by atoms with Gasteiger partial charge in [-0.2, -0.15) is 0 Å². The minimum Gasteiger partial charge on any atom is -0.394 e. The normalized spacial score (nSPS) is 11.1. The summed E-state index contributed by atoms with van der Waals surface area (Å²) in [4.78, 5) is -2.91. The highest BCUT2D eigenvalue weighted by Crippen LogP contribution is 2.41. The summed E-state index contributed by atoms with van der Waals surface area (Å²) in [5, 5.41) is 0. The first kappa shape index (κ1) is 17.2. The molecule has 0 aliphatic heterocycles. The molecule has 0 fully saturated rings. The van der Waals surface area contributed by atoms with Gasteiger partial charge in [0, 0.05) is 0 Å². The molecule has 2 aromatic carbocycles. The van der Waals surface area contributed by atoms with Crippen molar-refractivity contribution in [1.82, 2.24) is 0 Å². The van der Waals surface area contributed by atoms with E-state index in [1.807, 2.05) is 0 Å². The van der Waals surface area contributed by atoms with Gasteiger partial charge >= 0.3 is 0 Å². The summed E-state index contributed by atoms with van der Waals surface area (Å²) < 4.78 is 107. The molecule has 11 heteroatoms. The van der Waals surface area contributed by atoms with Gasteiger partial charge in [0.25, 0.3) is 0 Å². The first-order valence-electron chi connectivity index (χ1n) is 5.50. The van der Waals surface area contributed by atoms with Gasteiger partial charge in [-0.3, -0.25) is 0 Å². The minimum absolute atomic E-state index is 0.505. The van der Waals surface area contributed by atoms with Crippen molar-refractivity contribution in [2.45, 2.75) is 9.79 Å². The highest BCUT2D eigenvalue weighted by molar-refractivity contribution is 7.99. The largest absolute Gasteiger partial charge is 0.394 e. The Morgan fingerprint density at radius 2 is 0.739 bits per heavy atom. The molecule has 0 saturated heterocycles. The zero-order valence-corrected chi connectivity index (χ0v) is 11.4. The molecule has 0 atom stereocenters. The number of anilines is 2. The molecule has 0 aromatic heterocycles. The lowest BCUT2D eigenvalue weighted by molar-refractivity contribution is 0.415. The van der Waals surface area contributed by atoms with Gasteiger partial charge in [-0.05, 0) is 0 Å². The Bertz CT molecular complexity index is 698. The quantitative estimate of drug-likeness (QED) is 0.367. The lowest BCUT2D eigenvalue weighted by atomic mass is 10.2. The van der Waals surface area contributed by atoms with Gasteiger partial charge in [-0.1, -0.05) is 11.8 Å². The molecule has 0 saturated carbocycles. The summed E-state index contributed by atoms with van der Waals surface area (Å²) in [6.45, 7) is 0. The Labute approximate surface area is 127 Å². The van der Waals surface area contributed by atoms with Crippen LogP contribution in [-0.2, 0) is 0 Å². The minimum atomic E-state index is -2.21. The van der Waals surface area contributed by atoms with Crippen LogP contribution in [0.3, 0.4) is 0 Å². The van der Waals surface area contributed by atoms with E-state index in [0.717, 1.165) is 0 Å². The molecule has 0 heterocycles. The lowest BCUT2D eigenvalue weighted by Crippen LogP contribution is -2.07. The lowest BCUT2D eigenvalue weighted by Gasteiger charge is -2.12. The molecule has 2 rings (SSSR count). The fraction of sp³-hybridized carbons (Fsp3) is 0. The fourth-order valence-electron chi connectivity index (χ4n) is 1.54. The van der Waals surface area contributed by atoms with Gasteiger partial charge in [0.2, 0.25) is 0 Å². The van der Waals surface area contributed by atoms with E-state index in [1.165, 1.54) is 0 Å². The molecule has 0 bridgehead atoms. The predicted molar refractivity (Wildman–Crippen MR) is 65.5 cm³/mol. The summed E-state index contributed by atoms with van der Waals surface area (Å²) in [6, 6.07) is 0. The Hall–Kier alpha value is -2.17. The van der Waals surface area contributed by atoms with Crippen LogP contribution < -0.4 is 11.5 Å². The van der Waals surface area contributed by atoms with Crippen LogP contribution in [0.4, 0.5) is 46.5 Å². The van der Waals surface area contributed by atoms with Crippen LogP contribution in [-0.4, -0.2) is 0 Å². The average Bonchev–Trinajstić information content (AvgIpc) is 2.54. The highest BCUT2D eigenvalue weighted by Gasteiger charge is 2.29. The standard InChI is InChI=1S/C12H4F8N2S/c13-1-3(15)9(21)7(19)11(5(1)17)23-12-6(18)2(14)4(16)10(22)8(12)20/h21-22H2. The van der Waals surface area contributed by atoms with Crippen molar-refractivity contribution in [1.29, 1.82) is 0 Å². The van der Waals surface area contributed by atoms with E-state index >= 15 is 0 Å². The molecule has 23 heavy (non-hydrogen) atoms. The molecule has 2 aromatic rings. The second kappa shape index (κ2) is 5.80. The summed E-state index contributed by atoms with van der Waals surface area (Å²) in [6.07, 6.45) is 0. The summed E-state index contributed by atoms with van der Waals surface area (Å²) in [7, 11) is 0. The van der Waals surface area contributed by atoms with Crippen molar-refractivity contribution < 1.29 is 35.1 Å². The van der Waals surface area contributed by atoms with E-state index in [4.69, 9.17) is 11.5 Å². The van der Waals surface area contributed by atoms with Gasteiger partial charge < -0.3 is 11.5 Å². The van der Waals surface area contributed by atoms with Crippen molar-refractivity contribution in [3.05, 3.63) is 46.5 Å². The van der Waals surface area contributed by atoms with Crippen LogP contribution >= 0.6 is 11.8 Å². The Balaban J connectivity index is 2.71. The van der Waals surface area contributed by atoms with E-state index in [1.54, 1.807) is 0 Å². The molecule has 0 unspecified atom stereocenters. The monoisotopic (exact) mass is 360 g/mol. The first-order valence-corrected chi connectivity index (χ1v) is 6.31. The zero-order valence-electron chi connectivity index (χ0n) is 10.6. The molecule has 0 radical (unpaired) electrons. The maximum absolute atomic E-state index is 13.7. The Kier molecular flexibility index (Phi) is 4.33. The molecular weight excluding hydrogens is 356 g/mol. The number of rotatable bonds is 2. The number of benzene rings is 2. The smallest absolute Gasteiger partial charge is 0.197 e. The van der Waals surface area contributed by atoms with Crippen molar-refractivity contribution in [3.8, 4) is 0 Å². The third-order valence-corrected chi connectivity index (χ3v) is 3.84. The second-order valence-corrected chi connectivity index (χ2v) is 5.12. The van der Waals surface area contributed by atoms with Gasteiger partial charge in [0.1, 0.15) is 11.4 Å². The molecule has 2 nitrogen and oxygen atoms in total. The number of hydrogen-bond donors (Lipinski definition) is 2. The molecule has 0 spiro atoms. The number of hydrogen-bond acceptors (Lipinski definition) is 3. The fourth-order valence-corrected chi connectivity index (χ4v) is 2.50. The number of halogens is 8. The Morgan fingerprint density at radius 3 is 1.04 bits per heavy atom. The van der Waals surface area contributed by atoms with E-state index < -0.39 is 79.5 Å². The van der Waals surface area contributed by atoms with Crippen LogP contribution in [0.15, 0.2) is 9.79 Å². The van der Waals surface area contributed by atoms with E-state index in [-0.39, 0.29) is 0 Å². The second-order valence-electron chi connectivity index (χ2n) is 4.10. The summed E-state index contributed by atoms with van der Waals surface area (Å²) in [5.41, 5.74) is 6.79. The third-order valence-electron chi connectivity index (χ3n) is 2.72. The van der Waals surface area contributed by atoms with Crippen molar-refractivity contribution in [2.75, 3.05) is 11.5 Å². The molecular formula is C12H4F8N2S. The van der Waals surface area contributed by atoms with Gasteiger partial charge in [0.05, 0.1) is 9.79 Å². The molecule has 0 amide bonds. The van der Waals surface area contributed by atoms with Gasteiger partial charge in [-0.15, -0.1) is 0 Å². The van der Waals surface area contributed by atoms with Gasteiger partial charge in [0.15, 0.2) is 46.5 Å². The number of nitrogen functional groups attached to an aromatic ring is 2. The third kappa shape index (κ3) is 2.54. The van der Waals surface area contributed by atoms with Crippen LogP contribution in [0.5, 0.6) is 0 Å². The van der Waals surface area contributed by atoms with Crippen molar-refractivity contribution >= 4 is 23.1 Å². The van der Waals surface area contributed by atoms with Crippen molar-refractivity contribution in [3.63, 3.8) is 0 Å². The van der Waals surface area contributed by atoms with Crippen LogP contribution in [0.2, 0.25) is 0 Å². The predicted octanol–water partition coefficient (Wildman–Crippen LogP) is 4.12. The van der Waals surface area contributed by atoms with Gasteiger partial charge in [-0.25, -0.2) is 35.1 Å². The van der Waals surface area contributed by atoms with Crippen molar-refractivity contribution in [2.24, 2.45) is 0 Å². The van der Waals surface area contributed by atoms with E-state index in [2.05, 4.69) is 0 Å². The maximum atomic E-state index is 13.7. The van der Waals surface area contributed by atoms with E-state index in [9.17, 15) is 35.1 Å². The molecule has 0 aliphatic rings. The number of nitrogens with two attached hydrogens (primary N) is 2. The molecule has 4 N–H and O–H groups in total. The SMILES string of the molecule is Nc1c(F)c(F)c(F)c(Sc2c(F)c(N)c(F)c(F)c2F)c1F. The topological polar surface area (TPSA) is 52.0 Å². The van der Waals surface area contributed by atoms with E-state index in [0.29, 0.717) is 0 Å².